The fourth-order valence-corrected chi connectivity index (χ4v) is 3.52. The van der Waals surface area contributed by atoms with Gasteiger partial charge >= 0.3 is 0 Å². The van der Waals surface area contributed by atoms with Gasteiger partial charge in [-0.05, 0) is 28.2 Å². The van der Waals surface area contributed by atoms with Gasteiger partial charge in [-0.3, -0.25) is 9.59 Å². The van der Waals surface area contributed by atoms with Crippen molar-refractivity contribution in [2.75, 3.05) is 0 Å². The standard InChI is InChI=1S/C28H32N2O3/c1-21(2)16-26(31)30-27(25-14-7-4-8-15-25)28(32)29-18-23-12-9-13-24(17-23)20-33-19-22-10-5-3-6-11-22/h3-15,17,21,27H,16,18-20H2,1-2H3,(H,29,32)(H,30,31). The number of hydrogen-bond acceptors (Lipinski definition) is 3. The highest BCUT2D eigenvalue weighted by molar-refractivity contribution is 5.88. The third-order valence-corrected chi connectivity index (χ3v) is 5.13. The Kier molecular flexibility index (Phi) is 9.21. The average molecular weight is 445 g/mol. The zero-order valence-corrected chi connectivity index (χ0v) is 19.3. The predicted octanol–water partition coefficient (Wildman–Crippen LogP) is 4.92. The molecule has 0 aliphatic rings. The van der Waals surface area contributed by atoms with Crippen LogP contribution >= 0.6 is 0 Å². The molecule has 1 atom stereocenters. The van der Waals surface area contributed by atoms with Gasteiger partial charge < -0.3 is 15.4 Å². The highest BCUT2D eigenvalue weighted by atomic mass is 16.5. The van der Waals surface area contributed by atoms with E-state index >= 15 is 0 Å². The molecular formula is C28H32N2O3. The average Bonchev–Trinajstić information content (AvgIpc) is 2.82. The molecule has 2 N–H and O–H groups in total. The van der Waals surface area contributed by atoms with E-state index < -0.39 is 6.04 Å². The normalized spacial score (nSPS) is 11.7. The van der Waals surface area contributed by atoms with Crippen LogP contribution in [0.1, 0.15) is 48.6 Å². The molecule has 0 aliphatic heterocycles. The molecule has 0 bridgehead atoms. The Hall–Kier alpha value is -3.44. The van der Waals surface area contributed by atoms with Crippen LogP contribution in [0.3, 0.4) is 0 Å². The molecule has 5 heteroatoms. The number of carbonyl (C=O) groups is 2. The molecule has 1 unspecified atom stereocenters. The topological polar surface area (TPSA) is 67.4 Å². The molecule has 0 spiro atoms. The SMILES string of the molecule is CC(C)CC(=O)NC(C(=O)NCc1cccc(COCc2ccccc2)c1)c1ccccc1. The van der Waals surface area contributed by atoms with Crippen molar-refractivity contribution in [1.82, 2.24) is 10.6 Å². The molecule has 3 rings (SSSR count). The number of amides is 2. The number of ether oxygens (including phenoxy) is 1. The van der Waals surface area contributed by atoms with Crippen molar-refractivity contribution in [2.24, 2.45) is 5.92 Å². The lowest BCUT2D eigenvalue weighted by molar-refractivity contribution is -0.129. The van der Waals surface area contributed by atoms with E-state index in [2.05, 4.69) is 10.6 Å². The van der Waals surface area contributed by atoms with Gasteiger partial charge in [-0.1, -0.05) is 98.8 Å². The number of benzene rings is 3. The molecule has 0 saturated heterocycles. The van der Waals surface area contributed by atoms with Gasteiger partial charge in [0.25, 0.3) is 0 Å². The van der Waals surface area contributed by atoms with Crippen molar-refractivity contribution in [2.45, 2.75) is 46.1 Å². The lowest BCUT2D eigenvalue weighted by Crippen LogP contribution is -2.40. The summed E-state index contributed by atoms with van der Waals surface area (Å²) in [4.78, 5) is 25.4. The third-order valence-electron chi connectivity index (χ3n) is 5.13. The molecule has 33 heavy (non-hydrogen) atoms. The van der Waals surface area contributed by atoms with Gasteiger partial charge in [-0.2, -0.15) is 0 Å². The molecule has 172 valence electrons. The zero-order chi connectivity index (χ0) is 23.5. The van der Waals surface area contributed by atoms with Crippen LogP contribution in [0.25, 0.3) is 0 Å². The van der Waals surface area contributed by atoms with Crippen molar-refractivity contribution >= 4 is 11.8 Å². The minimum Gasteiger partial charge on any atom is -0.372 e. The quantitative estimate of drug-likeness (QED) is 0.441. The second-order valence-corrected chi connectivity index (χ2v) is 8.53. The van der Waals surface area contributed by atoms with Crippen molar-refractivity contribution in [3.05, 3.63) is 107 Å². The highest BCUT2D eigenvalue weighted by Crippen LogP contribution is 2.15. The maximum atomic E-state index is 13.0. The van der Waals surface area contributed by atoms with Crippen LogP contribution in [-0.2, 0) is 34.1 Å². The molecule has 5 nitrogen and oxygen atoms in total. The molecule has 3 aromatic rings. The first-order chi connectivity index (χ1) is 16.0. The van der Waals surface area contributed by atoms with Crippen molar-refractivity contribution in [3.63, 3.8) is 0 Å². The fourth-order valence-electron chi connectivity index (χ4n) is 3.52. The first-order valence-corrected chi connectivity index (χ1v) is 11.3. The maximum absolute atomic E-state index is 13.0. The number of carbonyl (C=O) groups excluding carboxylic acids is 2. The molecule has 0 aliphatic carbocycles. The minimum absolute atomic E-state index is 0.133. The van der Waals surface area contributed by atoms with Crippen molar-refractivity contribution < 1.29 is 14.3 Å². The van der Waals surface area contributed by atoms with Gasteiger partial charge in [0.2, 0.25) is 11.8 Å². The molecule has 3 aromatic carbocycles. The second-order valence-electron chi connectivity index (χ2n) is 8.53. The molecule has 0 radical (unpaired) electrons. The van der Waals surface area contributed by atoms with Crippen LogP contribution in [0.2, 0.25) is 0 Å². The summed E-state index contributed by atoms with van der Waals surface area (Å²) in [6.45, 7) is 5.38. The van der Waals surface area contributed by atoms with Gasteiger partial charge in [0.05, 0.1) is 13.2 Å². The lowest BCUT2D eigenvalue weighted by atomic mass is 10.0. The fraction of sp³-hybridized carbons (Fsp3) is 0.286. The van der Waals surface area contributed by atoms with E-state index in [0.717, 1.165) is 22.3 Å². The summed E-state index contributed by atoms with van der Waals surface area (Å²) in [7, 11) is 0. The lowest BCUT2D eigenvalue weighted by Gasteiger charge is -2.20. The Bertz CT molecular complexity index is 1020. The monoisotopic (exact) mass is 444 g/mol. The van der Waals surface area contributed by atoms with E-state index in [9.17, 15) is 9.59 Å². The minimum atomic E-state index is -0.727. The summed E-state index contributed by atoms with van der Waals surface area (Å²) in [5.74, 6) is -0.146. The van der Waals surface area contributed by atoms with Crippen LogP contribution in [0.5, 0.6) is 0 Å². The summed E-state index contributed by atoms with van der Waals surface area (Å²) < 4.78 is 5.82. The molecule has 0 saturated carbocycles. The van der Waals surface area contributed by atoms with E-state index in [1.54, 1.807) is 0 Å². The van der Waals surface area contributed by atoms with Gasteiger partial charge in [0.1, 0.15) is 6.04 Å². The number of rotatable bonds is 11. The van der Waals surface area contributed by atoms with E-state index in [-0.39, 0.29) is 17.7 Å². The highest BCUT2D eigenvalue weighted by Gasteiger charge is 2.22. The van der Waals surface area contributed by atoms with Crippen LogP contribution < -0.4 is 10.6 Å². The third kappa shape index (κ3) is 8.20. The Morgan fingerprint density at radius 3 is 2.09 bits per heavy atom. The smallest absolute Gasteiger partial charge is 0.247 e. The van der Waals surface area contributed by atoms with E-state index in [0.29, 0.717) is 26.2 Å². The summed E-state index contributed by atoms with van der Waals surface area (Å²) in [5, 5.41) is 5.86. The first kappa shape index (κ1) is 24.2. The molecule has 0 heterocycles. The first-order valence-electron chi connectivity index (χ1n) is 11.3. The second kappa shape index (κ2) is 12.6. The Balaban J connectivity index is 1.57. The molecule has 2 amide bonds. The summed E-state index contributed by atoms with van der Waals surface area (Å²) in [5.41, 5.74) is 3.91. The number of nitrogens with one attached hydrogen (secondary N) is 2. The molecule has 0 fully saturated rings. The summed E-state index contributed by atoms with van der Waals surface area (Å²) >= 11 is 0. The zero-order valence-electron chi connectivity index (χ0n) is 19.3. The summed E-state index contributed by atoms with van der Waals surface area (Å²) in [6.07, 6.45) is 0.377. The Labute approximate surface area is 196 Å². The van der Waals surface area contributed by atoms with Crippen LogP contribution in [-0.4, -0.2) is 11.8 Å². The Morgan fingerprint density at radius 1 is 0.788 bits per heavy atom. The van der Waals surface area contributed by atoms with Crippen LogP contribution in [0.4, 0.5) is 0 Å². The molecular weight excluding hydrogens is 412 g/mol. The summed E-state index contributed by atoms with van der Waals surface area (Å²) in [6, 6.07) is 26.6. The van der Waals surface area contributed by atoms with Gasteiger partial charge in [-0.25, -0.2) is 0 Å². The van der Waals surface area contributed by atoms with E-state index in [4.69, 9.17) is 4.74 Å². The van der Waals surface area contributed by atoms with Crippen LogP contribution in [0, 0.1) is 5.92 Å². The van der Waals surface area contributed by atoms with Crippen molar-refractivity contribution in [3.8, 4) is 0 Å². The van der Waals surface area contributed by atoms with E-state index in [1.807, 2.05) is 98.8 Å². The van der Waals surface area contributed by atoms with E-state index in [1.165, 1.54) is 0 Å². The molecule has 0 aromatic heterocycles. The largest absolute Gasteiger partial charge is 0.372 e. The van der Waals surface area contributed by atoms with Gasteiger partial charge in [-0.15, -0.1) is 0 Å². The predicted molar refractivity (Wildman–Crippen MR) is 130 cm³/mol. The van der Waals surface area contributed by atoms with Crippen LogP contribution in [0.15, 0.2) is 84.9 Å². The van der Waals surface area contributed by atoms with Gasteiger partial charge in [0, 0.05) is 13.0 Å². The maximum Gasteiger partial charge on any atom is 0.247 e. The van der Waals surface area contributed by atoms with Gasteiger partial charge in [0.15, 0.2) is 0 Å². The number of hydrogen-bond donors (Lipinski definition) is 2. The Morgan fingerprint density at radius 2 is 1.39 bits per heavy atom. The van der Waals surface area contributed by atoms with Crippen molar-refractivity contribution in [1.29, 1.82) is 0 Å².